The van der Waals surface area contributed by atoms with Crippen molar-refractivity contribution in [2.24, 2.45) is 17.8 Å². The minimum atomic E-state index is 0.499. The Morgan fingerprint density at radius 1 is 0.968 bits per heavy atom. The van der Waals surface area contributed by atoms with Gasteiger partial charge in [-0.15, -0.1) is 0 Å². The smallest absolute Gasteiger partial charge is 0.0385 e. The van der Waals surface area contributed by atoms with Gasteiger partial charge in [-0.25, -0.2) is 0 Å². The number of allylic oxidation sites excluding steroid dienone is 14. The maximum Gasteiger partial charge on any atom is 0.0385 e. The molecule has 0 saturated carbocycles. The lowest BCUT2D eigenvalue weighted by atomic mass is 9.77. The molecule has 0 aromatic rings. The van der Waals surface area contributed by atoms with Crippen molar-refractivity contribution in [3.63, 3.8) is 0 Å². The average Bonchev–Trinajstić information content (AvgIpc) is 2.85. The van der Waals surface area contributed by atoms with Gasteiger partial charge < -0.3 is 5.41 Å². The van der Waals surface area contributed by atoms with E-state index in [2.05, 4.69) is 67.7 Å². The standard InChI is InChI=1S/C30H39N/c1-2-9-29(27-16-14-25(15-17-27)23-10-5-3-6-11-23)22-30(31)28-20-18-26(19-21-28)24-12-7-4-8-13-24/h7,10,12-16,18,20-21,26-27,29,31H,2-6,8-9,11,17,19,22H2,1H3. The van der Waals surface area contributed by atoms with Crippen LogP contribution >= 0.6 is 0 Å². The van der Waals surface area contributed by atoms with Gasteiger partial charge in [0.15, 0.2) is 0 Å². The van der Waals surface area contributed by atoms with Gasteiger partial charge in [0, 0.05) is 11.6 Å². The van der Waals surface area contributed by atoms with Gasteiger partial charge in [0.25, 0.3) is 0 Å². The molecule has 0 aliphatic heterocycles. The summed E-state index contributed by atoms with van der Waals surface area (Å²) in [6.07, 6.45) is 36.6. The second-order valence-corrected chi connectivity index (χ2v) is 9.67. The first-order chi connectivity index (χ1) is 15.2. The van der Waals surface area contributed by atoms with E-state index in [1.165, 1.54) is 62.5 Å². The first-order valence-electron chi connectivity index (χ1n) is 12.6. The van der Waals surface area contributed by atoms with E-state index < -0.39 is 0 Å². The normalized spacial score (nSPS) is 26.6. The van der Waals surface area contributed by atoms with E-state index in [0.29, 0.717) is 17.8 Å². The Labute approximate surface area is 189 Å². The monoisotopic (exact) mass is 413 g/mol. The van der Waals surface area contributed by atoms with Crippen LogP contribution in [0.2, 0.25) is 0 Å². The van der Waals surface area contributed by atoms with Crippen molar-refractivity contribution in [2.75, 3.05) is 0 Å². The Balaban J connectivity index is 1.34. The van der Waals surface area contributed by atoms with Gasteiger partial charge in [0.2, 0.25) is 0 Å². The SMILES string of the molecule is CCCC(CC(=N)C1=CCC(C2=CCCC=C2)C=C1)C1C=CC(C2=CCCCC2)=CC1. The second-order valence-electron chi connectivity index (χ2n) is 9.67. The molecule has 3 atom stereocenters. The van der Waals surface area contributed by atoms with Crippen molar-refractivity contribution >= 4 is 5.71 Å². The van der Waals surface area contributed by atoms with Crippen LogP contribution in [0.5, 0.6) is 0 Å². The van der Waals surface area contributed by atoms with Crippen molar-refractivity contribution in [3.8, 4) is 0 Å². The molecular weight excluding hydrogens is 374 g/mol. The van der Waals surface area contributed by atoms with Crippen LogP contribution in [0.3, 0.4) is 0 Å². The molecule has 164 valence electrons. The van der Waals surface area contributed by atoms with Gasteiger partial charge in [0.05, 0.1) is 0 Å². The zero-order chi connectivity index (χ0) is 21.5. The fourth-order valence-electron chi connectivity index (χ4n) is 5.54. The van der Waals surface area contributed by atoms with E-state index in [1.807, 2.05) is 0 Å². The van der Waals surface area contributed by atoms with E-state index in [0.717, 1.165) is 30.5 Å². The lowest BCUT2D eigenvalue weighted by Gasteiger charge is -2.28. The van der Waals surface area contributed by atoms with Crippen LogP contribution < -0.4 is 0 Å². The van der Waals surface area contributed by atoms with Gasteiger partial charge in [-0.1, -0.05) is 74.1 Å². The van der Waals surface area contributed by atoms with Crippen molar-refractivity contribution in [3.05, 3.63) is 83.1 Å². The molecule has 0 heterocycles. The highest BCUT2D eigenvalue weighted by Crippen LogP contribution is 2.35. The molecule has 0 aromatic carbocycles. The molecule has 1 N–H and O–H groups in total. The Morgan fingerprint density at radius 2 is 1.90 bits per heavy atom. The molecule has 31 heavy (non-hydrogen) atoms. The predicted octanol–water partition coefficient (Wildman–Crippen LogP) is 8.59. The lowest BCUT2D eigenvalue weighted by molar-refractivity contribution is 0.376. The molecule has 4 aliphatic rings. The third kappa shape index (κ3) is 5.76. The fourth-order valence-corrected chi connectivity index (χ4v) is 5.54. The van der Waals surface area contributed by atoms with Crippen LogP contribution in [0, 0.1) is 23.2 Å². The maximum atomic E-state index is 8.82. The summed E-state index contributed by atoms with van der Waals surface area (Å²) in [5.74, 6) is 1.65. The zero-order valence-corrected chi connectivity index (χ0v) is 19.3. The predicted molar refractivity (Wildman–Crippen MR) is 134 cm³/mol. The highest BCUT2D eigenvalue weighted by molar-refractivity contribution is 6.00. The van der Waals surface area contributed by atoms with Crippen molar-refractivity contribution in [1.82, 2.24) is 0 Å². The van der Waals surface area contributed by atoms with Crippen LogP contribution in [0.25, 0.3) is 0 Å². The minimum absolute atomic E-state index is 0.499. The third-order valence-corrected chi connectivity index (χ3v) is 7.43. The van der Waals surface area contributed by atoms with Gasteiger partial charge in [-0.05, 0) is 98.3 Å². The molecule has 4 rings (SSSR count). The summed E-state index contributed by atoms with van der Waals surface area (Å²) in [5.41, 5.74) is 6.48. The largest absolute Gasteiger partial charge is 0.305 e. The van der Waals surface area contributed by atoms with Crippen molar-refractivity contribution < 1.29 is 0 Å². The molecular formula is C30H39N. The number of rotatable bonds is 8. The Morgan fingerprint density at radius 3 is 2.55 bits per heavy atom. The Hall–Kier alpha value is -2.15. The van der Waals surface area contributed by atoms with E-state index >= 15 is 0 Å². The molecule has 0 radical (unpaired) electrons. The number of nitrogens with one attached hydrogen (secondary N) is 1. The molecule has 0 spiro atoms. The lowest BCUT2D eigenvalue weighted by Crippen LogP contribution is -2.19. The van der Waals surface area contributed by atoms with E-state index in [-0.39, 0.29) is 0 Å². The van der Waals surface area contributed by atoms with Crippen LogP contribution in [0.4, 0.5) is 0 Å². The Kier molecular flexibility index (Phi) is 7.78. The third-order valence-electron chi connectivity index (χ3n) is 7.43. The number of hydrogen-bond donors (Lipinski definition) is 1. The molecule has 4 aliphatic carbocycles. The Bertz CT molecular complexity index is 870. The van der Waals surface area contributed by atoms with Crippen LogP contribution in [0.1, 0.15) is 77.6 Å². The summed E-state index contributed by atoms with van der Waals surface area (Å²) >= 11 is 0. The van der Waals surface area contributed by atoms with Crippen LogP contribution in [-0.2, 0) is 0 Å². The van der Waals surface area contributed by atoms with Crippen LogP contribution in [0.15, 0.2) is 83.1 Å². The first-order valence-corrected chi connectivity index (χ1v) is 12.6. The van der Waals surface area contributed by atoms with E-state index in [9.17, 15) is 0 Å². The molecule has 1 heteroatoms. The highest BCUT2D eigenvalue weighted by atomic mass is 14.4. The first kappa shape index (κ1) is 22.1. The fraction of sp³-hybridized carbons (Fsp3) is 0.500. The molecule has 0 amide bonds. The zero-order valence-electron chi connectivity index (χ0n) is 19.3. The maximum absolute atomic E-state index is 8.82. The molecule has 3 unspecified atom stereocenters. The molecule has 0 saturated heterocycles. The van der Waals surface area contributed by atoms with E-state index in [1.54, 1.807) is 5.57 Å². The summed E-state index contributed by atoms with van der Waals surface area (Å²) in [4.78, 5) is 0. The molecule has 0 aromatic heterocycles. The second kappa shape index (κ2) is 10.9. The molecule has 1 nitrogen and oxygen atoms in total. The molecule has 0 bridgehead atoms. The van der Waals surface area contributed by atoms with Crippen LogP contribution in [-0.4, -0.2) is 5.71 Å². The van der Waals surface area contributed by atoms with Gasteiger partial charge in [0.1, 0.15) is 0 Å². The van der Waals surface area contributed by atoms with Gasteiger partial charge in [-0.2, -0.15) is 0 Å². The molecule has 0 fully saturated rings. The van der Waals surface area contributed by atoms with Gasteiger partial charge >= 0.3 is 0 Å². The van der Waals surface area contributed by atoms with Crippen molar-refractivity contribution in [1.29, 1.82) is 5.41 Å². The van der Waals surface area contributed by atoms with Crippen molar-refractivity contribution in [2.45, 2.75) is 77.6 Å². The summed E-state index contributed by atoms with van der Waals surface area (Å²) in [6, 6.07) is 0. The topological polar surface area (TPSA) is 23.9 Å². The number of hydrogen-bond acceptors (Lipinski definition) is 1. The average molecular weight is 414 g/mol. The van der Waals surface area contributed by atoms with E-state index in [4.69, 9.17) is 5.41 Å². The summed E-state index contributed by atoms with van der Waals surface area (Å²) in [5, 5.41) is 8.82. The summed E-state index contributed by atoms with van der Waals surface area (Å²) in [6.45, 7) is 2.28. The summed E-state index contributed by atoms with van der Waals surface area (Å²) in [7, 11) is 0. The quantitative estimate of drug-likeness (QED) is 0.385. The summed E-state index contributed by atoms with van der Waals surface area (Å²) < 4.78 is 0. The van der Waals surface area contributed by atoms with Gasteiger partial charge in [-0.3, -0.25) is 0 Å². The minimum Gasteiger partial charge on any atom is -0.305 e. The highest BCUT2D eigenvalue weighted by Gasteiger charge is 2.24.